The number of carbonyl (C=O) groups excluding carboxylic acids is 1. The van der Waals surface area contributed by atoms with Crippen molar-refractivity contribution >= 4 is 5.78 Å². The average molecular weight is 286 g/mol. The number of aliphatic hydroxyl groups is 2. The second-order valence-electron chi connectivity index (χ2n) is 4.79. The molecule has 0 atom stereocenters. The number of Topliss-reactive ketones (excluding diaryl/α,β-unsaturated/α-hetero) is 1. The summed E-state index contributed by atoms with van der Waals surface area (Å²) in [5.74, 6) is 0.620. The summed E-state index contributed by atoms with van der Waals surface area (Å²) in [6, 6.07) is 12.4. The Labute approximate surface area is 123 Å². The minimum absolute atomic E-state index is 0.00434. The van der Waals surface area contributed by atoms with Crippen LogP contribution in [0.1, 0.15) is 34.0 Å². The van der Waals surface area contributed by atoms with E-state index in [9.17, 15) is 9.90 Å². The maximum Gasteiger partial charge on any atom is 0.159 e. The lowest BCUT2D eigenvalue weighted by molar-refractivity contribution is 0.101. The molecule has 4 nitrogen and oxygen atoms in total. The van der Waals surface area contributed by atoms with E-state index in [1.54, 1.807) is 36.4 Å². The maximum atomic E-state index is 11.3. The van der Waals surface area contributed by atoms with E-state index in [0.717, 1.165) is 5.56 Å². The van der Waals surface area contributed by atoms with Gasteiger partial charge in [0.2, 0.25) is 0 Å². The van der Waals surface area contributed by atoms with Gasteiger partial charge in [-0.25, -0.2) is 0 Å². The van der Waals surface area contributed by atoms with Crippen LogP contribution >= 0.6 is 0 Å². The zero-order valence-electron chi connectivity index (χ0n) is 11.9. The van der Waals surface area contributed by atoms with Crippen molar-refractivity contribution in [3.63, 3.8) is 0 Å². The molecular formula is C17H18O4. The van der Waals surface area contributed by atoms with E-state index in [0.29, 0.717) is 29.0 Å². The minimum Gasteiger partial charge on any atom is -0.489 e. The van der Waals surface area contributed by atoms with Crippen LogP contribution in [0.4, 0.5) is 0 Å². The van der Waals surface area contributed by atoms with Gasteiger partial charge in [-0.2, -0.15) is 0 Å². The number of hydrogen-bond donors (Lipinski definition) is 2. The first-order valence-electron chi connectivity index (χ1n) is 6.70. The molecular weight excluding hydrogens is 268 g/mol. The number of ether oxygens (including phenoxy) is 1. The molecule has 0 saturated heterocycles. The molecule has 21 heavy (non-hydrogen) atoms. The Bertz CT molecular complexity index is 634. The molecule has 0 fully saturated rings. The highest BCUT2D eigenvalue weighted by Crippen LogP contribution is 2.17. The molecule has 2 rings (SSSR count). The second kappa shape index (κ2) is 7.02. The maximum absolute atomic E-state index is 11.3. The normalized spacial score (nSPS) is 10.4. The zero-order valence-corrected chi connectivity index (χ0v) is 11.9. The fourth-order valence-electron chi connectivity index (χ4n) is 2.04. The van der Waals surface area contributed by atoms with Crippen molar-refractivity contribution < 1.29 is 19.7 Å². The summed E-state index contributed by atoms with van der Waals surface area (Å²) in [5.41, 5.74) is 2.90. The summed E-state index contributed by atoms with van der Waals surface area (Å²) >= 11 is 0. The van der Waals surface area contributed by atoms with Gasteiger partial charge in [0, 0.05) is 5.56 Å². The molecule has 0 unspecified atom stereocenters. The Morgan fingerprint density at radius 1 is 1.05 bits per heavy atom. The van der Waals surface area contributed by atoms with Crippen molar-refractivity contribution in [2.45, 2.75) is 26.7 Å². The van der Waals surface area contributed by atoms with Crippen molar-refractivity contribution in [2.24, 2.45) is 0 Å². The van der Waals surface area contributed by atoms with Crippen LogP contribution in [0.2, 0.25) is 0 Å². The van der Waals surface area contributed by atoms with Crippen LogP contribution < -0.4 is 4.74 Å². The molecule has 0 spiro atoms. The van der Waals surface area contributed by atoms with E-state index in [2.05, 4.69) is 0 Å². The highest BCUT2D eigenvalue weighted by molar-refractivity contribution is 5.94. The van der Waals surface area contributed by atoms with Gasteiger partial charge in [-0.3, -0.25) is 4.79 Å². The number of carbonyl (C=O) groups is 1. The van der Waals surface area contributed by atoms with Gasteiger partial charge in [0.05, 0.1) is 13.2 Å². The zero-order chi connectivity index (χ0) is 15.2. The van der Waals surface area contributed by atoms with Gasteiger partial charge in [0.1, 0.15) is 12.4 Å². The first-order chi connectivity index (χ1) is 10.1. The van der Waals surface area contributed by atoms with E-state index >= 15 is 0 Å². The number of benzene rings is 2. The van der Waals surface area contributed by atoms with Crippen molar-refractivity contribution in [3.05, 3.63) is 64.7 Å². The summed E-state index contributed by atoms with van der Waals surface area (Å²) in [7, 11) is 0. The molecule has 4 heteroatoms. The van der Waals surface area contributed by atoms with E-state index in [-0.39, 0.29) is 19.0 Å². The first-order valence-corrected chi connectivity index (χ1v) is 6.70. The molecule has 2 N–H and O–H groups in total. The fourth-order valence-corrected chi connectivity index (χ4v) is 2.04. The summed E-state index contributed by atoms with van der Waals surface area (Å²) in [5, 5.41) is 18.4. The molecule has 0 radical (unpaired) electrons. The summed E-state index contributed by atoms with van der Waals surface area (Å²) in [6.07, 6.45) is 0. The third kappa shape index (κ3) is 3.90. The predicted octanol–water partition coefficient (Wildman–Crippen LogP) is 2.45. The van der Waals surface area contributed by atoms with Gasteiger partial charge in [-0.05, 0) is 41.8 Å². The van der Waals surface area contributed by atoms with Gasteiger partial charge >= 0.3 is 0 Å². The molecule has 0 aliphatic rings. The van der Waals surface area contributed by atoms with Gasteiger partial charge in [0.25, 0.3) is 0 Å². The second-order valence-corrected chi connectivity index (χ2v) is 4.79. The predicted molar refractivity (Wildman–Crippen MR) is 79.1 cm³/mol. The molecule has 0 aliphatic carbocycles. The molecule has 0 heterocycles. The Morgan fingerprint density at radius 2 is 1.81 bits per heavy atom. The van der Waals surface area contributed by atoms with Crippen molar-refractivity contribution in [2.75, 3.05) is 0 Å². The third-order valence-electron chi connectivity index (χ3n) is 3.26. The first kappa shape index (κ1) is 15.2. The van der Waals surface area contributed by atoms with Crippen LogP contribution in [0.15, 0.2) is 42.5 Å². The lowest BCUT2D eigenvalue weighted by atomic mass is 10.1. The molecule has 0 bridgehead atoms. The van der Waals surface area contributed by atoms with Gasteiger partial charge in [-0.1, -0.05) is 24.3 Å². The molecule has 0 saturated carbocycles. The van der Waals surface area contributed by atoms with Crippen LogP contribution in [-0.4, -0.2) is 16.0 Å². The fraction of sp³-hybridized carbons (Fsp3) is 0.235. The standard InChI is InChI=1S/C17H18O4/c1-12(20)14-3-2-4-17(8-14)21-11-13-5-6-15(9-18)16(7-13)10-19/h2-8,18-19H,9-11H2,1H3. The smallest absolute Gasteiger partial charge is 0.159 e. The highest BCUT2D eigenvalue weighted by atomic mass is 16.5. The van der Waals surface area contributed by atoms with Gasteiger partial charge in [-0.15, -0.1) is 0 Å². The molecule has 0 aromatic heterocycles. The van der Waals surface area contributed by atoms with Crippen molar-refractivity contribution in [3.8, 4) is 5.75 Å². The third-order valence-corrected chi connectivity index (χ3v) is 3.26. The summed E-state index contributed by atoms with van der Waals surface area (Å²) in [4.78, 5) is 11.3. The Morgan fingerprint density at radius 3 is 2.48 bits per heavy atom. The van der Waals surface area contributed by atoms with E-state index < -0.39 is 0 Å². The summed E-state index contributed by atoms with van der Waals surface area (Å²) < 4.78 is 5.66. The van der Waals surface area contributed by atoms with E-state index in [4.69, 9.17) is 9.84 Å². The Hall–Kier alpha value is -2.17. The lowest BCUT2D eigenvalue weighted by Crippen LogP contribution is -2.00. The largest absolute Gasteiger partial charge is 0.489 e. The number of aliphatic hydroxyl groups excluding tert-OH is 2. The van der Waals surface area contributed by atoms with Crippen molar-refractivity contribution in [1.82, 2.24) is 0 Å². The van der Waals surface area contributed by atoms with Gasteiger partial charge < -0.3 is 14.9 Å². The number of hydrogen-bond acceptors (Lipinski definition) is 4. The van der Waals surface area contributed by atoms with Crippen LogP contribution in [-0.2, 0) is 19.8 Å². The average Bonchev–Trinajstić information content (AvgIpc) is 2.52. The molecule has 2 aromatic carbocycles. The van der Waals surface area contributed by atoms with Crippen LogP contribution in [0.5, 0.6) is 5.75 Å². The van der Waals surface area contributed by atoms with Crippen LogP contribution in [0.25, 0.3) is 0 Å². The number of rotatable bonds is 6. The Balaban J connectivity index is 2.09. The SMILES string of the molecule is CC(=O)c1cccc(OCc2ccc(CO)c(CO)c2)c1. The van der Waals surface area contributed by atoms with Crippen LogP contribution in [0.3, 0.4) is 0 Å². The topological polar surface area (TPSA) is 66.8 Å². The molecule has 0 aliphatic heterocycles. The minimum atomic E-state index is -0.121. The molecule has 2 aromatic rings. The highest BCUT2D eigenvalue weighted by Gasteiger charge is 2.05. The number of ketones is 1. The molecule has 110 valence electrons. The summed E-state index contributed by atoms with van der Waals surface area (Å²) in [6.45, 7) is 1.63. The monoisotopic (exact) mass is 286 g/mol. The molecule has 0 amide bonds. The van der Waals surface area contributed by atoms with E-state index in [1.165, 1.54) is 6.92 Å². The van der Waals surface area contributed by atoms with Crippen molar-refractivity contribution in [1.29, 1.82) is 0 Å². The van der Waals surface area contributed by atoms with E-state index in [1.807, 2.05) is 6.07 Å². The lowest BCUT2D eigenvalue weighted by Gasteiger charge is -2.10. The van der Waals surface area contributed by atoms with Crippen LogP contribution in [0, 0.1) is 0 Å². The quantitative estimate of drug-likeness (QED) is 0.800. The Kier molecular flexibility index (Phi) is 5.09. The van der Waals surface area contributed by atoms with Gasteiger partial charge in [0.15, 0.2) is 5.78 Å².